The number of para-hydroxylation sites is 6. The van der Waals surface area contributed by atoms with Gasteiger partial charge in [0.25, 0.3) is 16.7 Å². The lowest BCUT2D eigenvalue weighted by atomic mass is 9.89. The Labute approximate surface area is 626 Å². The van der Waals surface area contributed by atoms with Crippen LogP contribution in [0.5, 0.6) is 0 Å². The van der Waals surface area contributed by atoms with Crippen molar-refractivity contribution in [2.75, 3.05) is 19.8 Å². The molecule has 3 saturated carbocycles. The van der Waals surface area contributed by atoms with Gasteiger partial charge < -0.3 is 34.0 Å². The Morgan fingerprint density at radius 1 is 0.408 bits per heavy atom. The maximum Gasteiger partial charge on any atom is 0.319 e. The highest BCUT2D eigenvalue weighted by Gasteiger charge is 2.48. The summed E-state index contributed by atoms with van der Waals surface area (Å²) in [5, 5.41) is 9.23. The van der Waals surface area contributed by atoms with Crippen molar-refractivity contribution >= 4 is 87.4 Å². The van der Waals surface area contributed by atoms with E-state index in [1.165, 1.54) is 173 Å². The van der Waals surface area contributed by atoms with Gasteiger partial charge in [-0.1, -0.05) is 144 Å². The van der Waals surface area contributed by atoms with E-state index in [1.54, 1.807) is 13.8 Å². The standard InChI is InChI=1S/C28H39N3O3.C26H35N3O3.C23H30ClN3O.C4H9NO2.2ClH/c1-2-34-27(32)17-16-25-28(33)31(26-13-9-8-12-24(26)29-25)23-18-21-14-15-22(19-23)30(21)20-10-6-4-3-5-7-11-20;30-25(31)15-14-23-26(32)29(24-11-7-6-10-22(24)27-23)21-16-19-12-13-20(17-21)28(19)18-8-4-2-1-3-5-9-18;24-22-23(28)27(21-11-7-6-10-20(21)25-22)19-14-17-12-13-18(15-19)26(17)16-8-4-2-1-3-5-9-16;1-2-7-4(6)3-5;;/h8-9,12-13,20-23H,2-7,10-11,14-19H2,1H3;6-7,10-11,18-21H,1-5,8-9,12-17H2,(H,30,31);6-7,10-11,16-19H,1-5,8-9,12-15H2;2-3,5H2,1H3;2*1H/t21-,22+,23?;19-,20+,21?;17-,18+,19?;;;. The van der Waals surface area contributed by atoms with E-state index in [0.717, 1.165) is 83.7 Å². The number of nitrogens with zero attached hydrogens (tertiary/aromatic N) is 9. The van der Waals surface area contributed by atoms with Crippen molar-refractivity contribution in [3.63, 3.8) is 0 Å². The zero-order valence-electron chi connectivity index (χ0n) is 61.2. The van der Waals surface area contributed by atoms with Crippen LogP contribution < -0.4 is 22.4 Å². The second-order valence-electron chi connectivity index (χ2n) is 30.6. The first kappa shape index (κ1) is 79.8. The lowest BCUT2D eigenvalue weighted by molar-refractivity contribution is -0.143. The predicted octanol–water partition coefficient (Wildman–Crippen LogP) is 15.5. The maximum absolute atomic E-state index is 13.7. The quantitative estimate of drug-likeness (QED) is 0.0910. The number of hydrogen-bond donors (Lipinski definition) is 2. The van der Waals surface area contributed by atoms with Gasteiger partial charge in [-0.15, -0.1) is 24.8 Å². The molecule has 15 rings (SSSR count). The van der Waals surface area contributed by atoms with Gasteiger partial charge in [0.15, 0.2) is 5.15 Å². The van der Waals surface area contributed by atoms with Gasteiger partial charge in [-0.2, -0.15) is 0 Å². The molecule has 9 atom stereocenters. The summed E-state index contributed by atoms with van der Waals surface area (Å²) in [5.74, 6) is -1.51. The number of esters is 2. The minimum atomic E-state index is -0.892. The Hall–Kier alpha value is -5.80. The Morgan fingerprint density at radius 3 is 1.01 bits per heavy atom. The molecule has 3 aromatic heterocycles. The van der Waals surface area contributed by atoms with E-state index < -0.39 is 5.97 Å². The molecular formula is C81H115Cl3N10O9. The van der Waals surface area contributed by atoms with Crippen molar-refractivity contribution in [3.8, 4) is 0 Å². The normalized spacial score (nSPS) is 25.8. The van der Waals surface area contributed by atoms with Crippen LogP contribution in [0.4, 0.5) is 0 Å². The Kier molecular flexibility index (Phi) is 29.9. The number of rotatable bonds is 15. The van der Waals surface area contributed by atoms with E-state index in [1.807, 2.05) is 86.5 Å². The first-order valence-corrected chi connectivity index (χ1v) is 39.9. The fourth-order valence-electron chi connectivity index (χ4n) is 20.0. The number of carbonyl (C=O) groups excluding carboxylic acids is 2. The zero-order valence-corrected chi connectivity index (χ0v) is 63.5. The summed E-state index contributed by atoms with van der Waals surface area (Å²) in [5.41, 5.74) is 10.7. The average Bonchev–Trinajstić information content (AvgIpc) is 1.74. The molecule has 3 unspecified atom stereocenters. The van der Waals surface area contributed by atoms with Crippen molar-refractivity contribution in [2.24, 2.45) is 5.73 Å². The number of hydrogen-bond acceptors (Lipinski definition) is 15. The molecular weight excluding hydrogens is 1360 g/mol. The molecule has 22 heteroatoms. The molecule has 6 aromatic rings. The van der Waals surface area contributed by atoms with Gasteiger partial charge in [-0.05, 0) is 166 Å². The summed E-state index contributed by atoms with van der Waals surface area (Å²) < 4.78 is 15.5. The molecule has 103 heavy (non-hydrogen) atoms. The second-order valence-corrected chi connectivity index (χ2v) is 30.9. The van der Waals surface area contributed by atoms with Crippen molar-refractivity contribution in [1.29, 1.82) is 0 Å². The van der Waals surface area contributed by atoms with Gasteiger partial charge in [0.2, 0.25) is 0 Å². The minimum absolute atomic E-state index is 0. The number of aliphatic carboxylic acids is 1. The lowest BCUT2D eigenvalue weighted by Crippen LogP contribution is -2.50. The molecule has 9 fully saturated rings. The SMILES string of the molecule is CCOC(=O)CCc1nc2ccccc2n(C2C[C@H]3CC[C@@H](C2)N3C2CCCCCCC2)c1=O.CCOC(=O)CN.Cl.Cl.O=C(O)CCc1nc2ccccc2n(C2C[C@H]3CC[C@@H](C2)N3C2CCCCCCC2)c1=O.O=c1c(Cl)nc2ccccc2n1C1C[C@H]2CC[C@@H](C1)N2C1CCCCCCC1. The van der Waals surface area contributed by atoms with Crippen LogP contribution in [-0.2, 0) is 36.7 Å². The Bertz CT molecular complexity index is 3900. The van der Waals surface area contributed by atoms with Gasteiger partial charge in [0.1, 0.15) is 11.4 Å². The highest BCUT2D eigenvalue weighted by molar-refractivity contribution is 6.29. The third-order valence-electron chi connectivity index (χ3n) is 24.3. The summed E-state index contributed by atoms with van der Waals surface area (Å²) in [7, 11) is 0. The van der Waals surface area contributed by atoms with Crippen LogP contribution in [0.3, 0.4) is 0 Å². The Morgan fingerprint density at radius 2 is 0.699 bits per heavy atom. The van der Waals surface area contributed by atoms with Crippen LogP contribution in [0.25, 0.3) is 33.1 Å². The van der Waals surface area contributed by atoms with Crippen LogP contribution in [-0.4, -0.2) is 141 Å². The van der Waals surface area contributed by atoms with Crippen LogP contribution >= 0.6 is 36.4 Å². The van der Waals surface area contributed by atoms with Gasteiger partial charge >= 0.3 is 17.9 Å². The van der Waals surface area contributed by atoms with E-state index in [-0.39, 0.29) is 103 Å². The summed E-state index contributed by atoms with van der Waals surface area (Å²) in [6.07, 6.45) is 43.2. The summed E-state index contributed by atoms with van der Waals surface area (Å²) in [4.78, 5) is 95.4. The van der Waals surface area contributed by atoms with E-state index in [0.29, 0.717) is 73.3 Å². The maximum atomic E-state index is 13.7. The molecule has 0 amide bonds. The molecule has 19 nitrogen and oxygen atoms in total. The average molecular weight is 1480 g/mol. The molecule has 564 valence electrons. The van der Waals surface area contributed by atoms with Crippen molar-refractivity contribution in [2.45, 2.75) is 324 Å². The molecule has 3 N–H and O–H groups in total. The van der Waals surface area contributed by atoms with E-state index in [9.17, 15) is 28.8 Å². The number of ether oxygens (including phenoxy) is 2. The fourth-order valence-corrected chi connectivity index (χ4v) is 20.2. The van der Waals surface area contributed by atoms with Crippen LogP contribution in [0, 0.1) is 0 Å². The number of fused-ring (bicyclic) bond motifs is 9. The monoisotopic (exact) mass is 1480 g/mol. The first-order valence-electron chi connectivity index (χ1n) is 39.5. The highest BCUT2D eigenvalue weighted by Crippen LogP contribution is 2.48. The van der Waals surface area contributed by atoms with Gasteiger partial charge in [-0.3, -0.25) is 43.5 Å². The largest absolute Gasteiger partial charge is 0.481 e. The molecule has 6 aliphatic heterocycles. The second kappa shape index (κ2) is 38.6. The Balaban J connectivity index is 0.000000158. The lowest BCUT2D eigenvalue weighted by Gasteiger charge is -2.45. The van der Waals surface area contributed by atoms with Crippen molar-refractivity contribution in [1.82, 2.24) is 43.4 Å². The number of carboxylic acids is 1. The smallest absolute Gasteiger partial charge is 0.319 e. The molecule has 3 aliphatic carbocycles. The topological polar surface area (TPSA) is 230 Å². The van der Waals surface area contributed by atoms with Crippen molar-refractivity contribution in [3.05, 3.63) is 120 Å². The van der Waals surface area contributed by atoms with E-state index in [4.69, 9.17) is 27.2 Å². The number of halogens is 3. The number of piperidine rings is 3. The molecule has 9 aliphatic rings. The van der Waals surface area contributed by atoms with Crippen LogP contribution in [0.15, 0.2) is 87.2 Å². The number of carbonyl (C=O) groups is 3. The molecule has 9 heterocycles. The van der Waals surface area contributed by atoms with E-state index in [2.05, 4.69) is 34.4 Å². The molecule has 3 aromatic carbocycles. The highest BCUT2D eigenvalue weighted by atomic mass is 35.5. The summed E-state index contributed by atoms with van der Waals surface area (Å²) in [6, 6.07) is 30.1. The number of benzene rings is 3. The number of nitrogens with two attached hydrogens (primary N) is 1. The third-order valence-corrected chi connectivity index (χ3v) is 24.5. The zero-order chi connectivity index (χ0) is 70.4. The number of aryl methyl sites for hydroxylation is 2. The van der Waals surface area contributed by atoms with Gasteiger partial charge in [-0.25, -0.2) is 15.0 Å². The fraction of sp³-hybridized carbons (Fsp3) is 0.667. The first-order chi connectivity index (χ1) is 49.3. The molecule has 6 bridgehead atoms. The molecule has 6 saturated heterocycles. The van der Waals surface area contributed by atoms with Crippen LogP contribution in [0.1, 0.15) is 268 Å². The van der Waals surface area contributed by atoms with Gasteiger partial charge in [0, 0.05) is 85.3 Å². The predicted molar refractivity (Wildman–Crippen MR) is 413 cm³/mol. The molecule has 0 spiro atoms. The van der Waals surface area contributed by atoms with E-state index >= 15 is 0 Å². The number of aromatic nitrogens is 6. The summed E-state index contributed by atoms with van der Waals surface area (Å²) >= 11 is 6.23. The van der Waals surface area contributed by atoms with Crippen molar-refractivity contribution < 1.29 is 29.0 Å². The molecule has 0 radical (unpaired) electrons. The van der Waals surface area contributed by atoms with Crippen LogP contribution in [0.2, 0.25) is 5.15 Å². The number of carboxylic acid groups (broad SMARTS) is 1. The van der Waals surface area contributed by atoms with Gasteiger partial charge in [0.05, 0.1) is 65.7 Å². The summed E-state index contributed by atoms with van der Waals surface area (Å²) in [6.45, 7) is 4.30. The third kappa shape index (κ3) is 19.3. The minimum Gasteiger partial charge on any atom is -0.481 e.